The smallest absolute Gasteiger partial charge is 0.231 e. The fourth-order valence-corrected chi connectivity index (χ4v) is 4.29. The van der Waals surface area contributed by atoms with Crippen LogP contribution in [0.15, 0.2) is 58.2 Å². The molecule has 28 heavy (non-hydrogen) atoms. The summed E-state index contributed by atoms with van der Waals surface area (Å²) >= 11 is 1.33. The molecule has 2 aromatic carbocycles. The van der Waals surface area contributed by atoms with Gasteiger partial charge in [-0.05, 0) is 35.9 Å². The van der Waals surface area contributed by atoms with Gasteiger partial charge in [-0.25, -0.2) is 9.97 Å². The molecule has 7 heteroatoms. The topological polar surface area (TPSA) is 76.3 Å². The summed E-state index contributed by atoms with van der Waals surface area (Å²) in [7, 11) is 1.75. The minimum Gasteiger partial charge on any atom is -0.451 e. The zero-order chi connectivity index (χ0) is 19.3. The molecule has 0 saturated carbocycles. The number of rotatable bonds is 4. The van der Waals surface area contributed by atoms with Gasteiger partial charge < -0.3 is 9.32 Å². The van der Waals surface area contributed by atoms with Crippen LogP contribution in [0.25, 0.3) is 22.1 Å². The van der Waals surface area contributed by atoms with Crippen molar-refractivity contribution in [1.82, 2.24) is 9.97 Å². The van der Waals surface area contributed by atoms with E-state index in [1.807, 2.05) is 36.4 Å². The number of furan rings is 1. The summed E-state index contributed by atoms with van der Waals surface area (Å²) in [6.07, 6.45) is 1.83. The maximum absolute atomic E-state index is 12.7. The molecule has 0 spiro atoms. The van der Waals surface area contributed by atoms with Gasteiger partial charge in [0, 0.05) is 23.7 Å². The fourth-order valence-electron chi connectivity index (χ4n) is 3.47. The molecule has 0 aliphatic carbocycles. The third-order valence-electron chi connectivity index (χ3n) is 4.94. The van der Waals surface area contributed by atoms with E-state index in [4.69, 9.17) is 4.42 Å². The third kappa shape index (κ3) is 2.66. The quantitative estimate of drug-likeness (QED) is 0.300. The minimum absolute atomic E-state index is 0.0160. The first-order valence-electron chi connectivity index (χ1n) is 8.79. The molecule has 1 amide bonds. The highest BCUT2D eigenvalue weighted by Crippen LogP contribution is 2.33. The molecule has 2 aromatic heterocycles. The lowest BCUT2D eigenvalue weighted by atomic mass is 10.1. The number of aromatic nitrogens is 2. The molecule has 0 unspecified atom stereocenters. The van der Waals surface area contributed by atoms with Crippen LogP contribution < -0.4 is 4.90 Å². The molecule has 0 bridgehead atoms. The number of hydrogen-bond acceptors (Lipinski definition) is 6. The number of amides is 1. The normalized spacial score (nSPS) is 13.5. The predicted molar refractivity (Wildman–Crippen MR) is 108 cm³/mol. The minimum atomic E-state index is -0.0160. The van der Waals surface area contributed by atoms with E-state index >= 15 is 0 Å². The molecular formula is C21H15N3O3S. The van der Waals surface area contributed by atoms with Crippen LogP contribution in [0.4, 0.5) is 5.69 Å². The van der Waals surface area contributed by atoms with E-state index in [1.54, 1.807) is 18.0 Å². The summed E-state index contributed by atoms with van der Waals surface area (Å²) in [6.45, 7) is 0. The van der Waals surface area contributed by atoms with Gasteiger partial charge in [-0.1, -0.05) is 23.9 Å². The molecule has 0 radical (unpaired) electrons. The lowest BCUT2D eigenvalue weighted by Gasteiger charge is -2.10. The number of Topliss-reactive ketones (excluding diaryl/α,β-unsaturated/α-hetero) is 1. The molecule has 5 rings (SSSR count). The van der Waals surface area contributed by atoms with Crippen molar-refractivity contribution in [3.05, 3.63) is 59.9 Å². The number of para-hydroxylation sites is 1. The Labute approximate surface area is 164 Å². The Kier molecular flexibility index (Phi) is 3.91. The molecule has 0 atom stereocenters. The highest BCUT2D eigenvalue weighted by Gasteiger charge is 2.25. The van der Waals surface area contributed by atoms with Gasteiger partial charge in [0.05, 0.1) is 12.2 Å². The standard InChI is InChI=1S/C21H15N3O3S/c1-24-15-7-6-12(8-13(15)9-18(24)26)16(25)10-28-21-20-19(22-11-23-21)14-4-2-3-5-17(14)27-20/h2-8,11H,9-10H2,1H3. The van der Waals surface area contributed by atoms with Crippen LogP contribution in [0.5, 0.6) is 0 Å². The van der Waals surface area contributed by atoms with E-state index in [-0.39, 0.29) is 17.4 Å². The van der Waals surface area contributed by atoms with E-state index in [0.717, 1.165) is 27.7 Å². The number of benzene rings is 2. The van der Waals surface area contributed by atoms with Gasteiger partial charge in [-0.15, -0.1) is 0 Å². The largest absolute Gasteiger partial charge is 0.451 e. The molecule has 0 saturated heterocycles. The van der Waals surface area contributed by atoms with Gasteiger partial charge in [0.1, 0.15) is 22.5 Å². The Balaban J connectivity index is 1.40. The second-order valence-corrected chi connectivity index (χ2v) is 7.60. The number of thioether (sulfide) groups is 1. The van der Waals surface area contributed by atoms with Crippen LogP contribution in [-0.2, 0) is 11.2 Å². The van der Waals surface area contributed by atoms with Gasteiger partial charge in [-0.3, -0.25) is 9.59 Å². The summed E-state index contributed by atoms with van der Waals surface area (Å²) in [5, 5.41) is 1.58. The number of carbonyl (C=O) groups excluding carboxylic acids is 2. The maximum atomic E-state index is 12.7. The zero-order valence-corrected chi connectivity index (χ0v) is 15.8. The van der Waals surface area contributed by atoms with Crippen LogP contribution in [0, 0.1) is 0 Å². The highest BCUT2D eigenvalue weighted by atomic mass is 32.2. The fraction of sp³-hybridized carbons (Fsp3) is 0.143. The van der Waals surface area contributed by atoms with E-state index in [9.17, 15) is 9.59 Å². The second kappa shape index (κ2) is 6.45. The Morgan fingerprint density at radius 2 is 2.07 bits per heavy atom. The third-order valence-corrected chi connectivity index (χ3v) is 5.91. The zero-order valence-electron chi connectivity index (χ0n) is 15.0. The van der Waals surface area contributed by atoms with Crippen molar-refractivity contribution in [2.45, 2.75) is 11.4 Å². The monoisotopic (exact) mass is 389 g/mol. The lowest BCUT2D eigenvalue weighted by molar-refractivity contribution is -0.117. The molecule has 4 aromatic rings. The summed E-state index contributed by atoms with van der Waals surface area (Å²) in [4.78, 5) is 34.8. The molecule has 3 heterocycles. The molecule has 6 nitrogen and oxygen atoms in total. The SMILES string of the molecule is CN1C(=O)Cc2cc(C(=O)CSc3ncnc4c3oc3ccccc34)ccc21. The molecule has 1 aliphatic rings. The van der Waals surface area contributed by atoms with E-state index in [1.165, 1.54) is 18.1 Å². The van der Waals surface area contributed by atoms with Crippen molar-refractivity contribution in [1.29, 1.82) is 0 Å². The van der Waals surface area contributed by atoms with Crippen LogP contribution in [0.1, 0.15) is 15.9 Å². The van der Waals surface area contributed by atoms with Crippen molar-refractivity contribution in [3.63, 3.8) is 0 Å². The van der Waals surface area contributed by atoms with Crippen LogP contribution in [0.2, 0.25) is 0 Å². The van der Waals surface area contributed by atoms with E-state index < -0.39 is 0 Å². The first-order valence-corrected chi connectivity index (χ1v) is 9.78. The van der Waals surface area contributed by atoms with Crippen molar-refractivity contribution in [3.8, 4) is 0 Å². The van der Waals surface area contributed by atoms with Gasteiger partial charge >= 0.3 is 0 Å². The Hall–Kier alpha value is -3.19. The Morgan fingerprint density at radius 1 is 1.21 bits per heavy atom. The molecular weight excluding hydrogens is 374 g/mol. The van der Waals surface area contributed by atoms with Crippen LogP contribution in [-0.4, -0.2) is 34.5 Å². The number of nitrogens with zero attached hydrogens (tertiary/aromatic N) is 3. The number of likely N-dealkylation sites (N-methyl/N-ethyl adjacent to an activating group) is 1. The molecule has 0 fully saturated rings. The summed E-state index contributed by atoms with van der Waals surface area (Å²) < 4.78 is 5.91. The lowest BCUT2D eigenvalue weighted by Crippen LogP contribution is -2.20. The van der Waals surface area contributed by atoms with Gasteiger partial charge in [0.15, 0.2) is 11.4 Å². The van der Waals surface area contributed by atoms with Crippen LogP contribution >= 0.6 is 11.8 Å². The first kappa shape index (κ1) is 16.9. The molecule has 1 aliphatic heterocycles. The highest BCUT2D eigenvalue weighted by molar-refractivity contribution is 8.00. The number of fused-ring (bicyclic) bond motifs is 4. The average Bonchev–Trinajstić information content (AvgIpc) is 3.23. The molecule has 0 N–H and O–H groups in total. The first-order chi connectivity index (χ1) is 13.6. The van der Waals surface area contributed by atoms with Crippen molar-refractivity contribution in [2.75, 3.05) is 17.7 Å². The summed E-state index contributed by atoms with van der Waals surface area (Å²) in [5.74, 6) is 0.256. The Morgan fingerprint density at radius 3 is 2.96 bits per heavy atom. The van der Waals surface area contributed by atoms with Gasteiger partial charge in [0.25, 0.3) is 0 Å². The number of anilines is 1. The molecule has 138 valence electrons. The van der Waals surface area contributed by atoms with Gasteiger partial charge in [-0.2, -0.15) is 0 Å². The van der Waals surface area contributed by atoms with Gasteiger partial charge in [0.2, 0.25) is 5.91 Å². The summed E-state index contributed by atoms with van der Waals surface area (Å²) in [6, 6.07) is 13.1. The van der Waals surface area contributed by atoms with E-state index in [0.29, 0.717) is 22.6 Å². The average molecular weight is 389 g/mol. The van der Waals surface area contributed by atoms with Crippen LogP contribution in [0.3, 0.4) is 0 Å². The summed E-state index contributed by atoms with van der Waals surface area (Å²) in [5.41, 5.74) is 4.46. The van der Waals surface area contributed by atoms with Crippen molar-refractivity contribution < 1.29 is 14.0 Å². The van der Waals surface area contributed by atoms with E-state index in [2.05, 4.69) is 9.97 Å². The number of ketones is 1. The number of hydrogen-bond donors (Lipinski definition) is 0. The maximum Gasteiger partial charge on any atom is 0.231 e. The number of carbonyl (C=O) groups is 2. The Bertz CT molecular complexity index is 1260. The predicted octanol–water partition coefficient (Wildman–Crippen LogP) is 3.87. The second-order valence-electron chi connectivity index (χ2n) is 6.64. The van der Waals surface area contributed by atoms with Crippen molar-refractivity contribution >= 4 is 51.2 Å². The van der Waals surface area contributed by atoms with Crippen molar-refractivity contribution in [2.24, 2.45) is 0 Å².